The molecular formula is C11H18N2OS. The van der Waals surface area contributed by atoms with E-state index in [1.165, 1.54) is 37.1 Å². The fourth-order valence-corrected chi connectivity index (χ4v) is 2.87. The second kappa shape index (κ2) is 4.94. The van der Waals surface area contributed by atoms with Crippen LogP contribution < -0.4 is 4.87 Å². The van der Waals surface area contributed by atoms with Gasteiger partial charge in [0, 0.05) is 24.2 Å². The third kappa shape index (κ3) is 2.69. The summed E-state index contributed by atoms with van der Waals surface area (Å²) in [6.07, 6.45) is 6.96. The number of aryl methyl sites for hydroxylation is 1. The first-order valence-electron chi connectivity index (χ1n) is 5.61. The molecule has 2 heterocycles. The van der Waals surface area contributed by atoms with Crippen LogP contribution in [0.4, 0.5) is 0 Å². The zero-order valence-electron chi connectivity index (χ0n) is 9.19. The van der Waals surface area contributed by atoms with Crippen molar-refractivity contribution in [1.82, 2.24) is 9.47 Å². The number of thiazole rings is 1. The number of aromatic nitrogens is 1. The van der Waals surface area contributed by atoms with E-state index < -0.39 is 0 Å². The van der Waals surface area contributed by atoms with Crippen LogP contribution in [0.1, 0.15) is 25.7 Å². The smallest absolute Gasteiger partial charge is 0.306 e. The van der Waals surface area contributed by atoms with Crippen LogP contribution >= 0.6 is 11.3 Å². The van der Waals surface area contributed by atoms with Crippen molar-refractivity contribution in [3.63, 3.8) is 0 Å². The molecule has 1 aliphatic rings. The van der Waals surface area contributed by atoms with Crippen LogP contribution in [0.25, 0.3) is 0 Å². The molecule has 1 aromatic rings. The van der Waals surface area contributed by atoms with Gasteiger partial charge in [-0.3, -0.25) is 4.79 Å². The molecular weight excluding hydrogens is 208 g/mol. The van der Waals surface area contributed by atoms with E-state index in [1.54, 1.807) is 0 Å². The first kappa shape index (κ1) is 10.9. The number of hydrogen-bond acceptors (Lipinski definition) is 3. The molecule has 0 aliphatic carbocycles. The molecule has 2 rings (SSSR count). The van der Waals surface area contributed by atoms with Gasteiger partial charge in [-0.2, -0.15) is 0 Å². The van der Waals surface area contributed by atoms with Crippen LogP contribution in [0.15, 0.2) is 16.4 Å². The highest BCUT2D eigenvalue weighted by atomic mass is 32.1. The summed E-state index contributed by atoms with van der Waals surface area (Å²) >= 11 is 1.29. The van der Waals surface area contributed by atoms with Crippen molar-refractivity contribution in [2.45, 2.75) is 38.3 Å². The molecule has 1 aromatic heterocycles. The molecule has 0 spiro atoms. The van der Waals surface area contributed by atoms with Crippen molar-refractivity contribution >= 4 is 11.3 Å². The van der Waals surface area contributed by atoms with Crippen LogP contribution in [-0.2, 0) is 6.54 Å². The SMILES string of the molecule is CN1CCCCC1CCn1ccsc1=O. The standard InChI is InChI=1S/C11H18N2OS/c1-12-6-3-2-4-10(12)5-7-13-8-9-15-11(13)14/h8-10H,2-7H2,1H3. The van der Waals surface area contributed by atoms with Gasteiger partial charge < -0.3 is 9.47 Å². The van der Waals surface area contributed by atoms with Crippen molar-refractivity contribution in [3.05, 3.63) is 21.2 Å². The van der Waals surface area contributed by atoms with Gasteiger partial charge in [0.25, 0.3) is 0 Å². The van der Waals surface area contributed by atoms with E-state index in [0.29, 0.717) is 6.04 Å². The Balaban J connectivity index is 1.87. The molecule has 0 aromatic carbocycles. The maximum absolute atomic E-state index is 11.3. The van der Waals surface area contributed by atoms with E-state index in [-0.39, 0.29) is 4.87 Å². The van der Waals surface area contributed by atoms with Crippen LogP contribution in [0.3, 0.4) is 0 Å². The van der Waals surface area contributed by atoms with E-state index in [1.807, 2.05) is 16.1 Å². The molecule has 1 atom stereocenters. The summed E-state index contributed by atoms with van der Waals surface area (Å²) in [6.45, 7) is 2.08. The Morgan fingerprint density at radius 2 is 2.40 bits per heavy atom. The first-order chi connectivity index (χ1) is 7.27. The van der Waals surface area contributed by atoms with Gasteiger partial charge in [0.15, 0.2) is 0 Å². The monoisotopic (exact) mass is 226 g/mol. The third-order valence-electron chi connectivity index (χ3n) is 3.27. The number of hydrogen-bond donors (Lipinski definition) is 0. The quantitative estimate of drug-likeness (QED) is 0.785. The minimum Gasteiger partial charge on any atom is -0.306 e. The third-order valence-corrected chi connectivity index (χ3v) is 3.96. The van der Waals surface area contributed by atoms with Crippen LogP contribution in [-0.4, -0.2) is 29.1 Å². The molecule has 0 N–H and O–H groups in total. The molecule has 1 saturated heterocycles. The first-order valence-corrected chi connectivity index (χ1v) is 6.49. The molecule has 84 valence electrons. The number of nitrogens with zero attached hydrogens (tertiary/aromatic N) is 2. The minimum atomic E-state index is 0.175. The Bertz CT molecular complexity index is 357. The summed E-state index contributed by atoms with van der Waals surface area (Å²) in [5, 5.41) is 1.87. The van der Waals surface area contributed by atoms with Gasteiger partial charge in [-0.1, -0.05) is 17.8 Å². The average molecular weight is 226 g/mol. The van der Waals surface area contributed by atoms with Crippen LogP contribution in [0, 0.1) is 0 Å². The van der Waals surface area contributed by atoms with Crippen molar-refractivity contribution < 1.29 is 0 Å². The van der Waals surface area contributed by atoms with Gasteiger partial charge in [0.05, 0.1) is 0 Å². The van der Waals surface area contributed by atoms with Crippen LogP contribution in [0.5, 0.6) is 0 Å². The fraction of sp³-hybridized carbons (Fsp3) is 0.727. The van der Waals surface area contributed by atoms with E-state index >= 15 is 0 Å². The molecule has 1 unspecified atom stereocenters. The second-order valence-corrected chi connectivity index (χ2v) is 5.14. The van der Waals surface area contributed by atoms with E-state index in [0.717, 1.165) is 13.0 Å². The number of likely N-dealkylation sites (tertiary alicyclic amines) is 1. The lowest BCUT2D eigenvalue weighted by atomic mass is 10.0. The molecule has 0 bridgehead atoms. The molecule has 0 saturated carbocycles. The predicted octanol–water partition coefficient (Wildman–Crippen LogP) is 1.78. The normalized spacial score (nSPS) is 23.1. The molecule has 1 aliphatic heterocycles. The highest BCUT2D eigenvalue weighted by Crippen LogP contribution is 2.18. The molecule has 0 radical (unpaired) electrons. The molecule has 0 amide bonds. The van der Waals surface area contributed by atoms with Gasteiger partial charge in [-0.15, -0.1) is 0 Å². The van der Waals surface area contributed by atoms with Gasteiger partial charge >= 0.3 is 4.87 Å². The largest absolute Gasteiger partial charge is 0.307 e. The van der Waals surface area contributed by atoms with Crippen molar-refractivity contribution in [3.8, 4) is 0 Å². The lowest BCUT2D eigenvalue weighted by Crippen LogP contribution is -2.37. The fourth-order valence-electron chi connectivity index (χ4n) is 2.25. The minimum absolute atomic E-state index is 0.175. The summed E-state index contributed by atoms with van der Waals surface area (Å²) < 4.78 is 1.83. The Morgan fingerprint density at radius 3 is 3.07 bits per heavy atom. The van der Waals surface area contributed by atoms with Gasteiger partial charge in [-0.25, -0.2) is 0 Å². The Labute approximate surface area is 94.3 Å². The Morgan fingerprint density at radius 1 is 1.53 bits per heavy atom. The summed E-state index contributed by atoms with van der Waals surface area (Å²) in [4.78, 5) is 13.9. The predicted molar refractivity (Wildman–Crippen MR) is 63.5 cm³/mol. The lowest BCUT2D eigenvalue weighted by molar-refractivity contribution is 0.171. The Kier molecular flexibility index (Phi) is 3.59. The molecule has 3 nitrogen and oxygen atoms in total. The van der Waals surface area contributed by atoms with Gasteiger partial charge in [0.1, 0.15) is 0 Å². The molecule has 15 heavy (non-hydrogen) atoms. The molecule has 1 fully saturated rings. The topological polar surface area (TPSA) is 25.2 Å². The summed E-state index contributed by atoms with van der Waals surface area (Å²) in [6, 6.07) is 0.672. The van der Waals surface area contributed by atoms with Crippen molar-refractivity contribution in [1.29, 1.82) is 0 Å². The average Bonchev–Trinajstić information content (AvgIpc) is 2.63. The van der Waals surface area contributed by atoms with Crippen molar-refractivity contribution in [2.24, 2.45) is 0 Å². The van der Waals surface area contributed by atoms with E-state index in [2.05, 4.69) is 11.9 Å². The summed E-state index contributed by atoms with van der Waals surface area (Å²) in [7, 11) is 2.19. The highest BCUT2D eigenvalue weighted by Gasteiger charge is 2.18. The van der Waals surface area contributed by atoms with Gasteiger partial charge in [-0.05, 0) is 32.9 Å². The second-order valence-electron chi connectivity index (χ2n) is 4.28. The van der Waals surface area contributed by atoms with Gasteiger partial charge in [0.2, 0.25) is 0 Å². The number of rotatable bonds is 3. The van der Waals surface area contributed by atoms with Crippen molar-refractivity contribution in [2.75, 3.05) is 13.6 Å². The number of piperidine rings is 1. The maximum atomic E-state index is 11.3. The zero-order chi connectivity index (χ0) is 10.7. The lowest BCUT2D eigenvalue weighted by Gasteiger charge is -2.32. The van der Waals surface area contributed by atoms with E-state index in [9.17, 15) is 4.79 Å². The highest BCUT2D eigenvalue weighted by molar-refractivity contribution is 7.07. The molecule has 4 heteroatoms. The zero-order valence-corrected chi connectivity index (χ0v) is 10.0. The maximum Gasteiger partial charge on any atom is 0.307 e. The van der Waals surface area contributed by atoms with E-state index in [4.69, 9.17) is 0 Å². The summed E-state index contributed by atoms with van der Waals surface area (Å²) in [5.41, 5.74) is 0. The summed E-state index contributed by atoms with van der Waals surface area (Å²) in [5.74, 6) is 0. The van der Waals surface area contributed by atoms with Crippen LogP contribution in [0.2, 0.25) is 0 Å². The Hall–Kier alpha value is -0.610.